The third kappa shape index (κ3) is 8.79. The van der Waals surface area contributed by atoms with Crippen LogP contribution in [0.4, 0.5) is 0 Å². The fraction of sp³-hybridized carbons (Fsp3) is 0.0984. The molecule has 0 aliphatic rings. The van der Waals surface area contributed by atoms with E-state index in [1.54, 1.807) is 0 Å². The van der Waals surface area contributed by atoms with Gasteiger partial charge in [-0.15, -0.1) is 0 Å². The van der Waals surface area contributed by atoms with Crippen LogP contribution in [-0.2, 0) is 38.5 Å². The van der Waals surface area contributed by atoms with Gasteiger partial charge in [-0.1, -0.05) is 78.9 Å². The van der Waals surface area contributed by atoms with Crippen LogP contribution in [0.2, 0.25) is 0 Å². The molecule has 0 bridgehead atoms. The van der Waals surface area contributed by atoms with Crippen LogP contribution in [0.15, 0.2) is 189 Å². The average Bonchev–Trinajstić information content (AvgIpc) is 3.44. The van der Waals surface area contributed by atoms with E-state index in [1.807, 2.05) is 79.5 Å². The predicted molar refractivity (Wildman–Crippen MR) is 285 cm³/mol. The molecule has 0 saturated heterocycles. The maximum atomic E-state index is 5.08. The molecule has 6 aromatic carbocycles. The van der Waals surface area contributed by atoms with Gasteiger partial charge in [0.25, 0.3) is 0 Å². The Morgan fingerprint density at radius 3 is 1.31 bits per heavy atom. The Bertz CT molecular complexity index is 4210. The standard InChI is InChI=1S/C61H43N11/c1-2-11-56-52(10-1)63-34-47(68-56)22-20-45-9-4-12-51(67-45)44-7-3-6-40(30-44)41-16-26-53-57(31-41)70-49(36-65-53)24-25-50-37-66-55-28-18-43(33-59(55)71-50)42-17-27-54-58(32-42)69-48(35-64-54)23-21-46-19-15-39-14-13-38-8-5-29-62-60(38)61(39)72-46/h1-19,26-37H,20-25H2. The van der Waals surface area contributed by atoms with Crippen molar-refractivity contribution in [1.82, 2.24) is 54.8 Å². The molecular weight excluding hydrogens is 887 g/mol. The Hall–Kier alpha value is -9.35. The van der Waals surface area contributed by atoms with Crippen molar-refractivity contribution in [3.63, 3.8) is 0 Å². The van der Waals surface area contributed by atoms with Gasteiger partial charge in [-0.3, -0.25) is 34.9 Å². The number of para-hydroxylation sites is 2. The van der Waals surface area contributed by atoms with Crippen molar-refractivity contribution in [1.29, 1.82) is 0 Å². The smallest absolute Gasteiger partial charge is 0.0967 e. The fourth-order valence-corrected chi connectivity index (χ4v) is 9.47. The van der Waals surface area contributed by atoms with E-state index < -0.39 is 0 Å². The molecule has 0 spiro atoms. The van der Waals surface area contributed by atoms with Crippen LogP contribution < -0.4 is 0 Å². The van der Waals surface area contributed by atoms with Gasteiger partial charge >= 0.3 is 0 Å². The summed E-state index contributed by atoms with van der Waals surface area (Å²) in [6.45, 7) is 0. The molecule has 0 amide bonds. The highest BCUT2D eigenvalue weighted by Gasteiger charge is 2.12. The molecule has 0 N–H and O–H groups in total. The largest absolute Gasteiger partial charge is 0.254 e. The molecule has 0 aliphatic carbocycles. The number of aromatic nitrogens is 11. The average molecular weight is 930 g/mol. The van der Waals surface area contributed by atoms with Crippen LogP contribution in [0.3, 0.4) is 0 Å². The van der Waals surface area contributed by atoms with Crippen molar-refractivity contribution in [2.45, 2.75) is 38.5 Å². The number of benzene rings is 6. The van der Waals surface area contributed by atoms with Crippen molar-refractivity contribution in [2.24, 2.45) is 0 Å². The summed E-state index contributed by atoms with van der Waals surface area (Å²) in [4.78, 5) is 53.6. The summed E-state index contributed by atoms with van der Waals surface area (Å²) in [5.41, 5.74) is 20.7. The highest BCUT2D eigenvalue weighted by Crippen LogP contribution is 2.30. The van der Waals surface area contributed by atoms with Crippen LogP contribution in [0.25, 0.3) is 99.5 Å². The zero-order valence-electron chi connectivity index (χ0n) is 39.1. The van der Waals surface area contributed by atoms with E-state index in [-0.39, 0.29) is 0 Å². The van der Waals surface area contributed by atoms with Gasteiger partial charge in [0, 0.05) is 58.7 Å². The molecule has 13 rings (SSSR count). The molecule has 11 nitrogen and oxygen atoms in total. The van der Waals surface area contributed by atoms with E-state index in [2.05, 4.69) is 119 Å². The molecule has 0 radical (unpaired) electrons. The number of aryl methyl sites for hydroxylation is 6. The molecule has 11 heteroatoms. The van der Waals surface area contributed by atoms with Crippen molar-refractivity contribution in [3.8, 4) is 33.5 Å². The van der Waals surface area contributed by atoms with Gasteiger partial charge in [0.15, 0.2) is 0 Å². The van der Waals surface area contributed by atoms with Gasteiger partial charge in [-0.2, -0.15) is 0 Å². The van der Waals surface area contributed by atoms with Gasteiger partial charge < -0.3 is 0 Å². The molecule has 0 unspecified atom stereocenters. The maximum absolute atomic E-state index is 5.08. The van der Waals surface area contributed by atoms with Crippen LogP contribution in [0, 0.1) is 0 Å². The molecule has 342 valence electrons. The summed E-state index contributed by atoms with van der Waals surface area (Å²) in [6.07, 6.45) is 13.7. The second kappa shape index (κ2) is 18.5. The lowest BCUT2D eigenvalue weighted by molar-refractivity contribution is 0.878. The molecule has 0 saturated carbocycles. The van der Waals surface area contributed by atoms with Crippen molar-refractivity contribution in [2.75, 3.05) is 0 Å². The summed E-state index contributed by atoms with van der Waals surface area (Å²) < 4.78 is 0. The molecule has 0 aliphatic heterocycles. The first-order valence-corrected chi connectivity index (χ1v) is 24.3. The number of rotatable bonds is 12. The van der Waals surface area contributed by atoms with Gasteiger partial charge in [-0.25, -0.2) is 19.9 Å². The quantitative estimate of drug-likeness (QED) is 0.108. The van der Waals surface area contributed by atoms with E-state index in [0.717, 1.165) is 159 Å². The summed E-state index contributed by atoms with van der Waals surface area (Å²) in [6, 6.07) is 53.9. The molecular formula is C61H43N11. The number of pyridine rings is 3. The van der Waals surface area contributed by atoms with Crippen LogP contribution in [0.1, 0.15) is 34.2 Å². The summed E-state index contributed by atoms with van der Waals surface area (Å²) in [7, 11) is 0. The molecule has 72 heavy (non-hydrogen) atoms. The Morgan fingerprint density at radius 1 is 0.250 bits per heavy atom. The third-order valence-electron chi connectivity index (χ3n) is 13.3. The van der Waals surface area contributed by atoms with Crippen LogP contribution >= 0.6 is 0 Å². The van der Waals surface area contributed by atoms with E-state index in [9.17, 15) is 0 Å². The van der Waals surface area contributed by atoms with E-state index in [1.165, 1.54) is 0 Å². The highest BCUT2D eigenvalue weighted by molar-refractivity contribution is 6.02. The fourth-order valence-electron chi connectivity index (χ4n) is 9.47. The monoisotopic (exact) mass is 929 g/mol. The molecule has 0 atom stereocenters. The van der Waals surface area contributed by atoms with Crippen molar-refractivity contribution in [3.05, 3.63) is 223 Å². The van der Waals surface area contributed by atoms with Gasteiger partial charge in [0.2, 0.25) is 0 Å². The van der Waals surface area contributed by atoms with Crippen molar-refractivity contribution >= 4 is 65.9 Å². The Kier molecular flexibility index (Phi) is 11.0. The minimum absolute atomic E-state index is 0.674. The summed E-state index contributed by atoms with van der Waals surface area (Å²) in [5, 5.41) is 2.17. The SMILES string of the molecule is c1cc(-c2ccc3ncc(CCc4cnc5ccc(-c6ccc7ncc(CCc8ccc9ccc%10cccnc%10c9n8)nc7c6)cc5n4)nc3c2)cc(-c2cccc(CCc3cnc4ccccc4n3)n2)c1. The highest BCUT2D eigenvalue weighted by atomic mass is 14.8. The Balaban J connectivity index is 0.683. The lowest BCUT2D eigenvalue weighted by Gasteiger charge is -2.09. The van der Waals surface area contributed by atoms with E-state index >= 15 is 0 Å². The molecule has 13 aromatic rings. The first-order chi connectivity index (χ1) is 35.6. The molecule has 7 heterocycles. The maximum Gasteiger partial charge on any atom is 0.0967 e. The minimum Gasteiger partial charge on any atom is -0.254 e. The Morgan fingerprint density at radius 2 is 0.708 bits per heavy atom. The van der Waals surface area contributed by atoms with Crippen LogP contribution in [-0.4, -0.2) is 54.8 Å². The van der Waals surface area contributed by atoms with Crippen LogP contribution in [0.5, 0.6) is 0 Å². The number of hydrogen-bond donors (Lipinski definition) is 0. The lowest BCUT2D eigenvalue weighted by Crippen LogP contribution is -2.00. The van der Waals surface area contributed by atoms with E-state index in [0.29, 0.717) is 12.8 Å². The number of nitrogens with zero attached hydrogens (tertiary/aromatic N) is 11. The van der Waals surface area contributed by atoms with E-state index in [4.69, 9.17) is 44.9 Å². The van der Waals surface area contributed by atoms with Crippen molar-refractivity contribution < 1.29 is 0 Å². The summed E-state index contributed by atoms with van der Waals surface area (Å²) >= 11 is 0. The van der Waals surface area contributed by atoms with Gasteiger partial charge in [-0.05, 0) is 140 Å². The normalized spacial score (nSPS) is 11.7. The minimum atomic E-state index is 0.674. The first-order valence-electron chi connectivity index (χ1n) is 24.3. The number of hydrogen-bond acceptors (Lipinski definition) is 11. The first kappa shape index (κ1) is 42.7. The predicted octanol–water partition coefficient (Wildman–Crippen LogP) is 12.3. The second-order valence-corrected chi connectivity index (χ2v) is 18.2. The van der Waals surface area contributed by atoms with Gasteiger partial charge in [0.1, 0.15) is 0 Å². The lowest BCUT2D eigenvalue weighted by atomic mass is 10.0. The molecule has 0 fully saturated rings. The topological polar surface area (TPSA) is 142 Å². The number of fused-ring (bicyclic) bond motifs is 7. The zero-order valence-corrected chi connectivity index (χ0v) is 39.1. The summed E-state index contributed by atoms with van der Waals surface area (Å²) in [5.74, 6) is 0. The molecule has 7 aromatic heterocycles. The second-order valence-electron chi connectivity index (χ2n) is 18.2. The zero-order chi connectivity index (χ0) is 47.8. The van der Waals surface area contributed by atoms with Gasteiger partial charge in [0.05, 0.1) is 83.6 Å². The third-order valence-corrected chi connectivity index (χ3v) is 13.3. The Labute approximate surface area is 413 Å².